The minimum atomic E-state index is -0.316. The topological polar surface area (TPSA) is 27.7 Å². The van der Waals surface area contributed by atoms with Crippen LogP contribution in [0.15, 0.2) is 0 Å². The van der Waals surface area contributed by atoms with Crippen molar-refractivity contribution in [3.8, 4) is 0 Å². The van der Waals surface area contributed by atoms with E-state index < -0.39 is 0 Å². The maximum Gasteiger partial charge on any atom is 0.112 e. The predicted molar refractivity (Wildman–Crippen MR) is 58.4 cm³/mol. The first-order valence-corrected chi connectivity index (χ1v) is 6.93. The third-order valence-electron chi connectivity index (χ3n) is 2.30. The molecule has 0 amide bonds. The van der Waals surface area contributed by atoms with Gasteiger partial charge in [0.2, 0.25) is 0 Å². The Labute approximate surface area is 84.6 Å². The molecule has 6 atom stereocenters. The zero-order chi connectivity index (χ0) is 9.84. The molecule has 1 heterocycles. The fraction of sp³-hybridized carbons (Fsp3) is 1.00. The van der Waals surface area contributed by atoms with E-state index in [1.54, 1.807) is 7.11 Å². The van der Waals surface area contributed by atoms with Gasteiger partial charge in [-0.15, -0.1) is 0 Å². The number of rotatable bonds is 4. The Kier molecular flexibility index (Phi) is 5.14. The van der Waals surface area contributed by atoms with Crippen LogP contribution in [0.3, 0.4) is 0 Å². The van der Waals surface area contributed by atoms with E-state index in [1.807, 2.05) is 0 Å². The van der Waals surface area contributed by atoms with Gasteiger partial charge < -0.3 is 14.0 Å². The van der Waals surface area contributed by atoms with Crippen LogP contribution in [0, 0.1) is 5.92 Å². The van der Waals surface area contributed by atoms with Crippen LogP contribution in [0.1, 0.15) is 6.92 Å². The van der Waals surface area contributed by atoms with Crippen molar-refractivity contribution in [2.45, 2.75) is 25.1 Å². The molecule has 0 saturated carbocycles. The van der Waals surface area contributed by atoms with Gasteiger partial charge in [-0.25, -0.2) is 0 Å². The highest BCUT2D eigenvalue weighted by Gasteiger charge is 2.39. The minimum Gasteiger partial charge on any atom is -0.382 e. The molecule has 0 aromatic heterocycles. The highest BCUT2D eigenvalue weighted by atomic mass is 32.0. The highest BCUT2D eigenvalue weighted by Crippen LogP contribution is 2.35. The number of hydrogen-bond donors (Lipinski definition) is 0. The Morgan fingerprint density at radius 3 is 2.85 bits per heavy atom. The summed E-state index contributed by atoms with van der Waals surface area (Å²) in [7, 11) is 10.3. The lowest BCUT2D eigenvalue weighted by molar-refractivity contribution is 0.0107. The van der Waals surface area contributed by atoms with Crippen molar-refractivity contribution in [1.82, 2.24) is 0 Å². The van der Waals surface area contributed by atoms with E-state index in [1.165, 1.54) is 0 Å². The summed E-state index contributed by atoms with van der Waals surface area (Å²) >= 11 is 0. The molecular formula is C7H15BO3P2. The SMILES string of the molecule is [B][C@@H]1O[C@H](COC)C(C)[C@@H]1OPP. The molecule has 0 spiro atoms. The summed E-state index contributed by atoms with van der Waals surface area (Å²) in [4.78, 5) is 0. The van der Waals surface area contributed by atoms with Crippen LogP contribution in [0.4, 0.5) is 0 Å². The summed E-state index contributed by atoms with van der Waals surface area (Å²) in [5.74, 6) is 0.294. The Hall–Kier alpha value is 0.805. The summed E-state index contributed by atoms with van der Waals surface area (Å²) in [6.45, 7) is 2.65. The average molecular weight is 220 g/mol. The monoisotopic (exact) mass is 220 g/mol. The van der Waals surface area contributed by atoms with E-state index in [-0.39, 0.29) is 18.2 Å². The molecule has 2 radical (unpaired) electrons. The Morgan fingerprint density at radius 2 is 2.31 bits per heavy atom. The Balaban J connectivity index is 2.48. The van der Waals surface area contributed by atoms with Crippen LogP contribution in [-0.4, -0.2) is 39.8 Å². The molecule has 1 fully saturated rings. The van der Waals surface area contributed by atoms with Crippen LogP contribution < -0.4 is 0 Å². The van der Waals surface area contributed by atoms with Crippen LogP contribution in [0.5, 0.6) is 0 Å². The van der Waals surface area contributed by atoms with Crippen LogP contribution in [0.2, 0.25) is 0 Å². The standard InChI is InChI=1S/C7H15BO3P2/c1-4-5(3-9-2)10-7(8)6(4)11-13-12/h4-7,13H,3,12H2,1-2H3/t4?,5-,6+,7-/m1/s1. The van der Waals surface area contributed by atoms with E-state index in [4.69, 9.17) is 21.8 Å². The highest BCUT2D eigenvalue weighted by molar-refractivity contribution is 8.00. The molecule has 1 rings (SSSR count). The van der Waals surface area contributed by atoms with E-state index in [9.17, 15) is 0 Å². The molecule has 74 valence electrons. The van der Waals surface area contributed by atoms with Crippen LogP contribution >= 0.6 is 17.4 Å². The van der Waals surface area contributed by atoms with E-state index >= 15 is 0 Å². The largest absolute Gasteiger partial charge is 0.382 e. The lowest BCUT2D eigenvalue weighted by Crippen LogP contribution is -2.27. The van der Waals surface area contributed by atoms with Gasteiger partial charge in [0.05, 0.1) is 18.8 Å². The van der Waals surface area contributed by atoms with Gasteiger partial charge in [0.25, 0.3) is 0 Å². The molecule has 0 aliphatic carbocycles. The maximum atomic E-state index is 5.77. The molecule has 13 heavy (non-hydrogen) atoms. The van der Waals surface area contributed by atoms with E-state index in [0.717, 1.165) is 0 Å². The van der Waals surface area contributed by atoms with Crippen molar-refractivity contribution in [1.29, 1.82) is 0 Å². The van der Waals surface area contributed by atoms with Crippen molar-refractivity contribution >= 4 is 25.3 Å². The minimum absolute atomic E-state index is 0.00372. The second-order valence-electron chi connectivity index (χ2n) is 3.15. The summed E-state index contributed by atoms with van der Waals surface area (Å²) in [5, 5.41) is 0. The molecule has 1 aliphatic heterocycles. The molecule has 0 aromatic carbocycles. The van der Waals surface area contributed by atoms with Gasteiger partial charge in [-0.1, -0.05) is 15.9 Å². The van der Waals surface area contributed by atoms with Gasteiger partial charge in [0.1, 0.15) is 7.85 Å². The van der Waals surface area contributed by atoms with Crippen molar-refractivity contribution in [2.75, 3.05) is 13.7 Å². The molecule has 3 unspecified atom stereocenters. The first-order valence-electron chi connectivity index (χ1n) is 4.22. The fourth-order valence-electron chi connectivity index (χ4n) is 1.52. The predicted octanol–water partition coefficient (Wildman–Crippen LogP) is 0.931. The molecular weight excluding hydrogens is 205 g/mol. The normalized spacial score (nSPS) is 40.5. The van der Waals surface area contributed by atoms with Gasteiger partial charge >= 0.3 is 0 Å². The number of hydrogen-bond acceptors (Lipinski definition) is 3. The Morgan fingerprint density at radius 1 is 1.62 bits per heavy atom. The maximum absolute atomic E-state index is 5.77. The van der Waals surface area contributed by atoms with Gasteiger partial charge in [0.15, 0.2) is 0 Å². The number of ether oxygens (including phenoxy) is 2. The third kappa shape index (κ3) is 2.87. The summed E-state index contributed by atoms with van der Waals surface area (Å²) in [6.07, 6.45) is 0.0577. The molecule has 6 heteroatoms. The van der Waals surface area contributed by atoms with Crippen molar-refractivity contribution < 1.29 is 14.0 Å². The van der Waals surface area contributed by atoms with Gasteiger partial charge in [0, 0.05) is 27.5 Å². The molecule has 1 aliphatic rings. The summed E-state index contributed by atoms with van der Waals surface area (Å²) in [6, 6.07) is -0.316. The van der Waals surface area contributed by atoms with Gasteiger partial charge in [-0.3, -0.25) is 0 Å². The van der Waals surface area contributed by atoms with Crippen LogP contribution in [-0.2, 0) is 14.0 Å². The van der Waals surface area contributed by atoms with Crippen molar-refractivity contribution in [3.63, 3.8) is 0 Å². The second-order valence-corrected chi connectivity index (χ2v) is 4.33. The summed E-state index contributed by atoms with van der Waals surface area (Å²) in [5.41, 5.74) is 0. The van der Waals surface area contributed by atoms with E-state index in [2.05, 4.69) is 15.9 Å². The van der Waals surface area contributed by atoms with Crippen molar-refractivity contribution in [3.05, 3.63) is 0 Å². The molecule has 3 nitrogen and oxygen atoms in total. The average Bonchev–Trinajstić information content (AvgIpc) is 2.34. The number of methoxy groups -OCH3 is 1. The molecule has 1 saturated heterocycles. The zero-order valence-corrected chi connectivity index (χ0v) is 10.1. The molecule has 0 N–H and O–H groups in total. The zero-order valence-electron chi connectivity index (χ0n) is 7.90. The quantitative estimate of drug-likeness (QED) is 0.521. The lowest BCUT2D eigenvalue weighted by Gasteiger charge is -2.18. The second kappa shape index (κ2) is 5.63. The fourth-order valence-corrected chi connectivity index (χ4v) is 2.50. The van der Waals surface area contributed by atoms with Gasteiger partial charge in [-0.2, -0.15) is 0 Å². The first kappa shape index (κ1) is 11.9. The molecule has 0 bridgehead atoms. The lowest BCUT2D eigenvalue weighted by atomic mass is 9.89. The Bertz CT molecular complexity index is 161. The van der Waals surface area contributed by atoms with E-state index in [0.29, 0.717) is 21.0 Å². The first-order chi connectivity index (χ1) is 6.20. The van der Waals surface area contributed by atoms with Crippen molar-refractivity contribution in [2.24, 2.45) is 5.92 Å². The van der Waals surface area contributed by atoms with Gasteiger partial charge in [-0.05, 0) is 0 Å². The smallest absolute Gasteiger partial charge is 0.112 e. The third-order valence-corrected chi connectivity index (χ3v) is 3.11. The molecule has 0 aromatic rings. The van der Waals surface area contributed by atoms with Crippen LogP contribution in [0.25, 0.3) is 0 Å². The summed E-state index contributed by atoms with van der Waals surface area (Å²) < 4.78 is 16.0.